The van der Waals surface area contributed by atoms with Gasteiger partial charge in [0.15, 0.2) is 0 Å². The van der Waals surface area contributed by atoms with E-state index in [4.69, 9.17) is 0 Å². The van der Waals surface area contributed by atoms with Crippen LogP contribution in [0.5, 0.6) is 0 Å². The van der Waals surface area contributed by atoms with Gasteiger partial charge in [0.2, 0.25) is 0 Å². The lowest BCUT2D eigenvalue weighted by Crippen LogP contribution is -2.50. The van der Waals surface area contributed by atoms with Gasteiger partial charge >= 0.3 is 0 Å². The summed E-state index contributed by atoms with van der Waals surface area (Å²) in [5.74, 6) is 0. The highest BCUT2D eigenvalue weighted by atomic mass is 16.3. The van der Waals surface area contributed by atoms with Crippen LogP contribution < -0.4 is 0 Å². The lowest BCUT2D eigenvalue weighted by Gasteiger charge is -2.37. The third-order valence-electron chi connectivity index (χ3n) is 3.40. The number of aliphatic hydroxyl groups excluding tert-OH is 2. The van der Waals surface area contributed by atoms with Crippen molar-refractivity contribution in [2.75, 3.05) is 13.1 Å². The first kappa shape index (κ1) is 9.44. The largest absolute Gasteiger partial charge is 0.390 e. The molecular weight excluding hydrogens is 166 g/mol. The molecule has 0 unspecified atom stereocenters. The third-order valence-corrected chi connectivity index (χ3v) is 3.40. The molecule has 2 rings (SSSR count). The maximum atomic E-state index is 9.81. The van der Waals surface area contributed by atoms with E-state index < -0.39 is 12.2 Å². The molecule has 0 amide bonds. The molecule has 0 aromatic heterocycles. The summed E-state index contributed by atoms with van der Waals surface area (Å²) in [6, 6.07) is 0.228. The maximum Gasteiger partial charge on any atom is 0.0953 e. The third kappa shape index (κ3) is 1.87. The Balaban J connectivity index is 1.95. The molecule has 0 aromatic carbocycles. The topological polar surface area (TPSA) is 43.7 Å². The minimum Gasteiger partial charge on any atom is -0.390 e. The van der Waals surface area contributed by atoms with Crippen LogP contribution in [0.1, 0.15) is 32.1 Å². The van der Waals surface area contributed by atoms with Crippen LogP contribution in [0.25, 0.3) is 0 Å². The molecule has 3 nitrogen and oxygen atoms in total. The fourth-order valence-corrected chi connectivity index (χ4v) is 2.61. The number of hydrogen-bond donors (Lipinski definition) is 2. The average Bonchev–Trinajstić information content (AvgIpc) is 2.62. The van der Waals surface area contributed by atoms with Gasteiger partial charge in [0.25, 0.3) is 0 Å². The van der Waals surface area contributed by atoms with Gasteiger partial charge in [-0.05, 0) is 45.2 Å². The smallest absolute Gasteiger partial charge is 0.0953 e. The SMILES string of the molecule is O[C@@H]1[C@H](O)CCC[C@H]1N1CCCC1. The highest BCUT2D eigenvalue weighted by molar-refractivity contribution is 4.89. The highest BCUT2D eigenvalue weighted by Crippen LogP contribution is 2.26. The number of aliphatic hydroxyl groups is 2. The first-order chi connectivity index (χ1) is 6.29. The highest BCUT2D eigenvalue weighted by Gasteiger charge is 2.35. The van der Waals surface area contributed by atoms with E-state index in [2.05, 4.69) is 4.90 Å². The quantitative estimate of drug-likeness (QED) is 0.620. The van der Waals surface area contributed by atoms with Crippen molar-refractivity contribution in [1.29, 1.82) is 0 Å². The van der Waals surface area contributed by atoms with Crippen molar-refractivity contribution in [1.82, 2.24) is 4.90 Å². The predicted octanol–water partition coefficient (Wildman–Crippen LogP) is 0.357. The van der Waals surface area contributed by atoms with Gasteiger partial charge < -0.3 is 10.2 Å². The zero-order chi connectivity index (χ0) is 9.26. The molecule has 1 saturated carbocycles. The van der Waals surface area contributed by atoms with Gasteiger partial charge in [0.05, 0.1) is 12.2 Å². The lowest BCUT2D eigenvalue weighted by molar-refractivity contribution is -0.0593. The molecule has 1 aliphatic heterocycles. The average molecular weight is 185 g/mol. The van der Waals surface area contributed by atoms with Gasteiger partial charge in [0, 0.05) is 6.04 Å². The zero-order valence-electron chi connectivity index (χ0n) is 8.02. The van der Waals surface area contributed by atoms with Crippen molar-refractivity contribution in [2.45, 2.75) is 50.4 Å². The van der Waals surface area contributed by atoms with Crippen molar-refractivity contribution in [3.05, 3.63) is 0 Å². The molecule has 76 valence electrons. The number of rotatable bonds is 1. The van der Waals surface area contributed by atoms with Crippen LogP contribution in [0.4, 0.5) is 0 Å². The van der Waals surface area contributed by atoms with Gasteiger partial charge in [0.1, 0.15) is 0 Å². The molecule has 1 heterocycles. The van der Waals surface area contributed by atoms with E-state index in [9.17, 15) is 10.2 Å². The van der Waals surface area contributed by atoms with Crippen LogP contribution in [0.3, 0.4) is 0 Å². The van der Waals surface area contributed by atoms with E-state index >= 15 is 0 Å². The van der Waals surface area contributed by atoms with Crippen LogP contribution in [-0.2, 0) is 0 Å². The lowest BCUT2D eigenvalue weighted by atomic mass is 9.89. The monoisotopic (exact) mass is 185 g/mol. The van der Waals surface area contributed by atoms with Gasteiger partial charge in [-0.1, -0.05) is 0 Å². The summed E-state index contributed by atoms with van der Waals surface area (Å²) < 4.78 is 0. The van der Waals surface area contributed by atoms with Crippen LogP contribution >= 0.6 is 0 Å². The minimum absolute atomic E-state index is 0.228. The maximum absolute atomic E-state index is 9.81. The molecule has 3 heteroatoms. The molecule has 3 atom stereocenters. The van der Waals surface area contributed by atoms with E-state index in [-0.39, 0.29) is 6.04 Å². The Bertz CT molecular complexity index is 166. The first-order valence-corrected chi connectivity index (χ1v) is 5.39. The Morgan fingerprint density at radius 3 is 2.31 bits per heavy atom. The standard InChI is InChI=1S/C10H19NO2/c12-9-5-3-4-8(10(9)13)11-6-1-2-7-11/h8-10,12-13H,1-7H2/t8-,9-,10+/m1/s1. The van der Waals surface area contributed by atoms with Gasteiger partial charge in [-0.15, -0.1) is 0 Å². The normalized spacial score (nSPS) is 42.5. The Labute approximate surface area is 79.4 Å². The van der Waals surface area contributed by atoms with Gasteiger partial charge in [-0.25, -0.2) is 0 Å². The van der Waals surface area contributed by atoms with Crippen molar-refractivity contribution in [3.63, 3.8) is 0 Å². The summed E-state index contributed by atoms with van der Waals surface area (Å²) >= 11 is 0. The van der Waals surface area contributed by atoms with Gasteiger partial charge in [-0.2, -0.15) is 0 Å². The molecule has 2 fully saturated rings. The van der Waals surface area contributed by atoms with Crippen molar-refractivity contribution in [3.8, 4) is 0 Å². The Kier molecular flexibility index (Phi) is 2.86. The summed E-state index contributed by atoms with van der Waals surface area (Å²) in [7, 11) is 0. The van der Waals surface area contributed by atoms with Crippen molar-refractivity contribution in [2.24, 2.45) is 0 Å². The predicted molar refractivity (Wildman–Crippen MR) is 50.5 cm³/mol. The van der Waals surface area contributed by atoms with Crippen molar-refractivity contribution >= 4 is 0 Å². The van der Waals surface area contributed by atoms with E-state index in [0.717, 1.165) is 32.4 Å². The summed E-state index contributed by atoms with van der Waals surface area (Å²) in [4.78, 5) is 2.34. The van der Waals surface area contributed by atoms with E-state index in [0.29, 0.717) is 0 Å². The summed E-state index contributed by atoms with van der Waals surface area (Å²) in [5, 5.41) is 19.3. The molecule has 0 radical (unpaired) electrons. The zero-order valence-corrected chi connectivity index (χ0v) is 8.02. The minimum atomic E-state index is -0.508. The summed E-state index contributed by atoms with van der Waals surface area (Å²) in [5.41, 5.74) is 0. The molecule has 1 saturated heterocycles. The Morgan fingerprint density at radius 1 is 0.923 bits per heavy atom. The molecular formula is C10H19NO2. The van der Waals surface area contributed by atoms with E-state index in [1.165, 1.54) is 12.8 Å². The van der Waals surface area contributed by atoms with E-state index in [1.54, 1.807) is 0 Å². The Morgan fingerprint density at radius 2 is 1.62 bits per heavy atom. The molecule has 0 spiro atoms. The van der Waals surface area contributed by atoms with Crippen LogP contribution in [0.15, 0.2) is 0 Å². The van der Waals surface area contributed by atoms with Crippen molar-refractivity contribution < 1.29 is 10.2 Å². The molecule has 2 aliphatic rings. The molecule has 0 aromatic rings. The van der Waals surface area contributed by atoms with Crippen LogP contribution in [0.2, 0.25) is 0 Å². The van der Waals surface area contributed by atoms with Crippen LogP contribution in [-0.4, -0.2) is 46.5 Å². The number of likely N-dealkylation sites (tertiary alicyclic amines) is 1. The second kappa shape index (κ2) is 3.95. The number of hydrogen-bond acceptors (Lipinski definition) is 3. The Hall–Kier alpha value is -0.120. The molecule has 2 N–H and O–H groups in total. The molecule has 1 aliphatic carbocycles. The fourth-order valence-electron chi connectivity index (χ4n) is 2.61. The second-order valence-corrected chi connectivity index (χ2v) is 4.30. The van der Waals surface area contributed by atoms with Gasteiger partial charge in [-0.3, -0.25) is 4.90 Å². The summed E-state index contributed by atoms with van der Waals surface area (Å²) in [6.07, 6.45) is 4.38. The summed E-state index contributed by atoms with van der Waals surface area (Å²) in [6.45, 7) is 2.21. The molecule has 13 heavy (non-hydrogen) atoms. The second-order valence-electron chi connectivity index (χ2n) is 4.30. The molecule has 0 bridgehead atoms. The first-order valence-electron chi connectivity index (χ1n) is 5.39. The fraction of sp³-hybridized carbons (Fsp3) is 1.00. The van der Waals surface area contributed by atoms with E-state index in [1.807, 2.05) is 0 Å². The number of nitrogens with zero attached hydrogens (tertiary/aromatic N) is 1. The van der Waals surface area contributed by atoms with Crippen LogP contribution in [0, 0.1) is 0 Å².